The smallest absolute Gasteiger partial charge is 0.0900 e. The minimum Gasteiger partial charge on any atom is -0.255 e. The Labute approximate surface area is 300 Å². The third kappa shape index (κ3) is 7.71. The lowest BCUT2D eigenvalue weighted by molar-refractivity contribution is 1.22. The fourth-order valence-corrected chi connectivity index (χ4v) is 6.19. The molecule has 0 bridgehead atoms. The van der Waals surface area contributed by atoms with Gasteiger partial charge in [-0.25, -0.2) is 9.98 Å². The van der Waals surface area contributed by atoms with Gasteiger partial charge in [0.1, 0.15) is 0 Å². The molecule has 0 amide bonds. The minimum absolute atomic E-state index is 0.789. The van der Waals surface area contributed by atoms with Gasteiger partial charge < -0.3 is 0 Å². The van der Waals surface area contributed by atoms with E-state index < -0.39 is 0 Å². The molecule has 0 saturated carbocycles. The molecule has 0 radical (unpaired) electrons. The van der Waals surface area contributed by atoms with Gasteiger partial charge >= 0.3 is 0 Å². The van der Waals surface area contributed by atoms with Crippen LogP contribution in [0.25, 0.3) is 50.7 Å². The number of allylic oxidation sites excluding steroid dienone is 3. The summed E-state index contributed by atoms with van der Waals surface area (Å²) in [7, 11) is 0. The van der Waals surface area contributed by atoms with Crippen molar-refractivity contribution < 1.29 is 0 Å². The summed E-state index contributed by atoms with van der Waals surface area (Å²) < 4.78 is 0. The number of rotatable bonds is 10. The van der Waals surface area contributed by atoms with Crippen LogP contribution in [0.15, 0.2) is 187 Å². The molecule has 0 aliphatic rings. The zero-order valence-corrected chi connectivity index (χ0v) is 28.8. The van der Waals surface area contributed by atoms with E-state index >= 15 is 0 Å². The first kappa shape index (κ1) is 33.0. The van der Waals surface area contributed by atoms with Crippen molar-refractivity contribution in [3.63, 3.8) is 0 Å². The summed E-state index contributed by atoms with van der Waals surface area (Å²) in [5, 5.41) is 0. The molecule has 0 unspecified atom stereocenters. The van der Waals surface area contributed by atoms with Crippen molar-refractivity contribution in [1.82, 2.24) is 15.0 Å². The van der Waals surface area contributed by atoms with Crippen LogP contribution in [0.4, 0.5) is 0 Å². The lowest BCUT2D eigenvalue weighted by Gasteiger charge is -2.17. The van der Waals surface area contributed by atoms with E-state index in [4.69, 9.17) is 9.98 Å². The average Bonchev–Trinajstić information content (AvgIpc) is 3.22. The van der Waals surface area contributed by atoms with Crippen molar-refractivity contribution in [1.29, 1.82) is 0 Å². The van der Waals surface area contributed by atoms with Gasteiger partial charge in [0, 0.05) is 29.1 Å². The molecule has 0 aliphatic heterocycles. The standard InChI is InChI=1S/C47H38N4/c1-3-18-41(36-21-9-5-10-22-36)47(51-46(37-23-11-6-12-24-37)34(2)35-19-7-4-8-20-35)39-26-17-25-38(31-39)40-32-44(42-27-13-15-29-48-42)50-45(33-40)43-28-14-16-30-49-43/h4-33H,3H2,1-2H3/b41-18+,46-34+,51-47+. The second kappa shape index (κ2) is 15.8. The van der Waals surface area contributed by atoms with Gasteiger partial charge in [-0.3, -0.25) is 9.97 Å². The molecular formula is C47H38N4. The van der Waals surface area contributed by atoms with Gasteiger partial charge in [-0.15, -0.1) is 0 Å². The van der Waals surface area contributed by atoms with E-state index in [9.17, 15) is 0 Å². The van der Waals surface area contributed by atoms with Crippen molar-refractivity contribution in [2.45, 2.75) is 20.3 Å². The Morgan fingerprint density at radius 1 is 0.510 bits per heavy atom. The molecule has 3 aromatic heterocycles. The number of nitrogens with zero attached hydrogens (tertiary/aromatic N) is 4. The predicted octanol–water partition coefficient (Wildman–Crippen LogP) is 11.7. The number of hydrogen-bond donors (Lipinski definition) is 0. The van der Waals surface area contributed by atoms with Gasteiger partial charge in [-0.1, -0.05) is 134 Å². The molecule has 0 N–H and O–H groups in total. The molecule has 0 fully saturated rings. The molecule has 0 aliphatic carbocycles. The number of aromatic nitrogens is 3. The Balaban J connectivity index is 1.46. The highest BCUT2D eigenvalue weighted by atomic mass is 14.8. The third-order valence-electron chi connectivity index (χ3n) is 8.73. The maximum absolute atomic E-state index is 5.65. The summed E-state index contributed by atoms with van der Waals surface area (Å²) >= 11 is 0. The van der Waals surface area contributed by atoms with Crippen LogP contribution in [0.3, 0.4) is 0 Å². The van der Waals surface area contributed by atoms with Gasteiger partial charge in [-0.2, -0.15) is 0 Å². The number of aliphatic imine (C=N–C) groups is 1. The van der Waals surface area contributed by atoms with Gasteiger partial charge in [0.05, 0.1) is 34.2 Å². The predicted molar refractivity (Wildman–Crippen MR) is 213 cm³/mol. The van der Waals surface area contributed by atoms with Crippen LogP contribution in [0.5, 0.6) is 0 Å². The van der Waals surface area contributed by atoms with Crippen molar-refractivity contribution >= 4 is 22.6 Å². The van der Waals surface area contributed by atoms with Crippen molar-refractivity contribution in [3.8, 4) is 33.9 Å². The minimum atomic E-state index is 0.789. The van der Waals surface area contributed by atoms with Gasteiger partial charge in [-0.05, 0) is 83.6 Å². The fourth-order valence-electron chi connectivity index (χ4n) is 6.19. The van der Waals surface area contributed by atoms with Crippen molar-refractivity contribution in [3.05, 3.63) is 205 Å². The number of benzene rings is 4. The quantitative estimate of drug-likeness (QED) is 0.109. The van der Waals surface area contributed by atoms with E-state index in [1.165, 1.54) is 0 Å². The molecule has 51 heavy (non-hydrogen) atoms. The molecule has 0 saturated heterocycles. The second-order valence-electron chi connectivity index (χ2n) is 12.2. The van der Waals surface area contributed by atoms with E-state index in [1.54, 1.807) is 12.4 Å². The summed E-state index contributed by atoms with van der Waals surface area (Å²) in [6, 6.07) is 56.2. The molecule has 246 valence electrons. The molecule has 4 nitrogen and oxygen atoms in total. The first-order valence-electron chi connectivity index (χ1n) is 17.3. The van der Waals surface area contributed by atoms with E-state index in [2.05, 4.69) is 145 Å². The molecule has 7 aromatic rings. The SMILES string of the molecule is CC/C=C(/C(=N/C(=C(\C)c1ccccc1)c1ccccc1)c1cccc(-c2cc(-c3ccccn3)nc(-c3ccccn3)c2)c1)c1ccccc1. The highest BCUT2D eigenvalue weighted by Gasteiger charge is 2.18. The van der Waals surface area contributed by atoms with Crippen LogP contribution in [-0.2, 0) is 0 Å². The summed E-state index contributed by atoms with van der Waals surface area (Å²) in [5.41, 5.74) is 13.6. The Hall–Kier alpha value is -6.52. The largest absolute Gasteiger partial charge is 0.255 e. The van der Waals surface area contributed by atoms with E-state index in [-0.39, 0.29) is 0 Å². The molecule has 0 atom stereocenters. The molecular weight excluding hydrogens is 621 g/mol. The highest BCUT2D eigenvalue weighted by molar-refractivity contribution is 6.33. The summed E-state index contributed by atoms with van der Waals surface area (Å²) in [5.74, 6) is 0. The highest BCUT2D eigenvalue weighted by Crippen LogP contribution is 2.34. The van der Waals surface area contributed by atoms with Crippen LogP contribution in [-0.4, -0.2) is 20.7 Å². The molecule has 4 heteroatoms. The molecule has 3 heterocycles. The number of pyridine rings is 3. The lowest BCUT2D eigenvalue weighted by Crippen LogP contribution is -2.07. The topological polar surface area (TPSA) is 51.0 Å². The van der Waals surface area contributed by atoms with E-state index in [0.717, 1.165) is 85.1 Å². The van der Waals surface area contributed by atoms with Crippen LogP contribution in [0.2, 0.25) is 0 Å². The first-order chi connectivity index (χ1) is 25.2. The first-order valence-corrected chi connectivity index (χ1v) is 17.3. The average molecular weight is 659 g/mol. The number of hydrogen-bond acceptors (Lipinski definition) is 4. The maximum atomic E-state index is 5.65. The van der Waals surface area contributed by atoms with Gasteiger partial charge in [0.2, 0.25) is 0 Å². The molecule has 0 spiro atoms. The fraction of sp³-hybridized carbons (Fsp3) is 0.0638. The van der Waals surface area contributed by atoms with Crippen LogP contribution < -0.4 is 0 Å². The second-order valence-corrected chi connectivity index (χ2v) is 12.2. The van der Waals surface area contributed by atoms with E-state index in [1.807, 2.05) is 48.5 Å². The summed E-state index contributed by atoms with van der Waals surface area (Å²) in [6.07, 6.45) is 6.74. The Morgan fingerprint density at radius 3 is 1.59 bits per heavy atom. The Kier molecular flexibility index (Phi) is 10.2. The summed E-state index contributed by atoms with van der Waals surface area (Å²) in [4.78, 5) is 19.9. The lowest BCUT2D eigenvalue weighted by atomic mass is 9.92. The third-order valence-corrected chi connectivity index (χ3v) is 8.73. The molecule has 7 rings (SSSR count). The van der Waals surface area contributed by atoms with Crippen molar-refractivity contribution in [2.24, 2.45) is 4.99 Å². The van der Waals surface area contributed by atoms with Crippen molar-refractivity contribution in [2.75, 3.05) is 0 Å². The zero-order chi connectivity index (χ0) is 34.8. The maximum Gasteiger partial charge on any atom is 0.0900 e. The van der Waals surface area contributed by atoms with Crippen LogP contribution in [0, 0.1) is 0 Å². The normalized spacial score (nSPS) is 12.4. The zero-order valence-electron chi connectivity index (χ0n) is 28.8. The monoisotopic (exact) mass is 658 g/mol. The van der Waals surface area contributed by atoms with Crippen LogP contribution >= 0.6 is 0 Å². The van der Waals surface area contributed by atoms with E-state index in [0.29, 0.717) is 0 Å². The Bertz CT molecular complexity index is 2250. The molecule has 4 aromatic carbocycles. The van der Waals surface area contributed by atoms with Gasteiger partial charge in [0.15, 0.2) is 0 Å². The Morgan fingerprint density at radius 2 is 1.04 bits per heavy atom. The van der Waals surface area contributed by atoms with Crippen LogP contribution in [0.1, 0.15) is 42.5 Å². The van der Waals surface area contributed by atoms with Gasteiger partial charge in [0.25, 0.3) is 0 Å². The summed E-state index contributed by atoms with van der Waals surface area (Å²) in [6.45, 7) is 4.34.